The van der Waals surface area contributed by atoms with Gasteiger partial charge in [0, 0.05) is 88.9 Å². The monoisotopic (exact) mass is 1540 g/mol. The molecule has 0 radical (unpaired) electrons. The number of hydrogen-bond donors (Lipinski definition) is 10. The van der Waals surface area contributed by atoms with E-state index in [4.69, 9.17) is 29.5 Å². The maximum absolute atomic E-state index is 13.5. The van der Waals surface area contributed by atoms with Crippen LogP contribution in [0.3, 0.4) is 0 Å². The van der Waals surface area contributed by atoms with E-state index in [1.807, 2.05) is 20.0 Å². The van der Waals surface area contributed by atoms with E-state index < -0.39 is 129 Å². The van der Waals surface area contributed by atoms with Gasteiger partial charge < -0.3 is 64.9 Å². The summed E-state index contributed by atoms with van der Waals surface area (Å²) in [5, 5.41) is 65.0. The Morgan fingerprint density at radius 2 is 0.853 bits per heavy atom. The van der Waals surface area contributed by atoms with E-state index in [0.29, 0.717) is 106 Å². The van der Waals surface area contributed by atoms with Gasteiger partial charge in [0.2, 0.25) is 0 Å². The minimum absolute atomic E-state index is 0.102. The van der Waals surface area contributed by atoms with Crippen LogP contribution in [0.1, 0.15) is 89.8 Å². The van der Waals surface area contributed by atoms with Gasteiger partial charge in [0.15, 0.2) is 29.0 Å². The summed E-state index contributed by atoms with van der Waals surface area (Å²) in [4.78, 5) is 113. The zero-order chi connectivity index (χ0) is 78.2. The Morgan fingerprint density at radius 1 is 0.495 bits per heavy atom. The van der Waals surface area contributed by atoms with Gasteiger partial charge in [0.1, 0.15) is 96.0 Å². The largest absolute Gasteiger partial charge is 0.491 e. The van der Waals surface area contributed by atoms with Crippen LogP contribution in [-0.2, 0) is 0 Å². The van der Waals surface area contributed by atoms with Gasteiger partial charge in [0.05, 0.1) is 67.3 Å². The smallest absolute Gasteiger partial charge is 0.408 e. The van der Waals surface area contributed by atoms with E-state index in [1.54, 1.807) is 18.2 Å². The molecule has 8 atom stereocenters. The number of carbonyl (C=O) groups is 6. The Hall–Kier alpha value is -10.6. The lowest BCUT2D eigenvalue weighted by Crippen LogP contribution is -2.49. The highest BCUT2D eigenvalue weighted by atomic mass is 19.4. The molecule has 6 aromatic heterocycles. The molecule has 7 amide bonds. The number of aromatic nitrogens is 6. The number of aliphatic hydroxyl groups is 6. The van der Waals surface area contributed by atoms with Gasteiger partial charge in [0.25, 0.3) is 5.91 Å². The van der Waals surface area contributed by atoms with Crippen LogP contribution in [0.25, 0.3) is 0 Å². The molecule has 6 bridgehead atoms. The maximum Gasteiger partial charge on any atom is 0.408 e. The third-order valence-electron chi connectivity index (χ3n) is 18.7. The van der Waals surface area contributed by atoms with Gasteiger partial charge in [-0.05, 0) is 99.5 Å². The summed E-state index contributed by atoms with van der Waals surface area (Å²) >= 11 is 0. The van der Waals surface area contributed by atoms with Crippen molar-refractivity contribution in [1.29, 1.82) is 0 Å². The number of hydrogen-bond acceptors (Lipinski definition) is 24. The first kappa shape index (κ1) is 79.5. The third kappa shape index (κ3) is 19.9. The molecule has 0 spiro atoms. The highest BCUT2D eigenvalue weighted by Gasteiger charge is 2.51. The number of urea groups is 3. The van der Waals surface area contributed by atoms with E-state index in [-0.39, 0.29) is 89.9 Å². The predicted molar refractivity (Wildman–Crippen MR) is 371 cm³/mol. The summed E-state index contributed by atoms with van der Waals surface area (Å²) < 4.78 is 133. The second-order valence-corrected chi connectivity index (χ2v) is 26.6. The zero-order valence-corrected chi connectivity index (χ0v) is 58.1. The van der Waals surface area contributed by atoms with Crippen LogP contribution in [0.4, 0.5) is 106 Å². The molecule has 13 rings (SSSR count). The minimum atomic E-state index is -4.61. The molecule has 0 aromatic carbocycles. The van der Waals surface area contributed by atoms with E-state index >= 15 is 0 Å². The number of amides is 7. The number of aliphatic hydroxyl groups excluding tert-OH is 6. The van der Waals surface area contributed by atoms with Crippen molar-refractivity contribution in [2.45, 2.75) is 119 Å². The van der Waals surface area contributed by atoms with E-state index in [1.165, 1.54) is 87.9 Å². The molecule has 6 aromatic rings. The number of Topliss-reactive ketones (excluding diaryl/α,β-unsaturated/α-hetero) is 2. The van der Waals surface area contributed by atoms with Crippen LogP contribution >= 0.6 is 0 Å². The average Bonchev–Trinajstić information content (AvgIpc) is 1.68. The van der Waals surface area contributed by atoms with Crippen LogP contribution in [0.15, 0.2) is 91.4 Å². The third-order valence-corrected chi connectivity index (χ3v) is 18.7. The van der Waals surface area contributed by atoms with Crippen LogP contribution in [0, 0.1) is 11.8 Å². The van der Waals surface area contributed by atoms with Crippen molar-refractivity contribution in [1.82, 2.24) is 35.2 Å². The van der Waals surface area contributed by atoms with Crippen molar-refractivity contribution in [3.05, 3.63) is 108 Å². The van der Waals surface area contributed by atoms with Crippen molar-refractivity contribution in [2.24, 2.45) is 11.8 Å². The minimum Gasteiger partial charge on any atom is -0.491 e. The second-order valence-electron chi connectivity index (χ2n) is 26.6. The topological polar surface area (TPSA) is 396 Å². The molecule has 586 valence electrons. The van der Waals surface area contributed by atoms with Crippen molar-refractivity contribution < 1.29 is 113 Å². The molecule has 4 fully saturated rings. The average molecular weight is 1540 g/mol. The predicted octanol–water partition coefficient (Wildman–Crippen LogP) is 6.89. The lowest BCUT2D eigenvalue weighted by atomic mass is 9.95. The maximum atomic E-state index is 13.5. The van der Waals surface area contributed by atoms with Crippen molar-refractivity contribution in [3.8, 4) is 17.2 Å². The molecule has 10 N–H and O–H groups in total. The van der Waals surface area contributed by atoms with Crippen LogP contribution in [-0.4, -0.2) is 236 Å². The van der Waals surface area contributed by atoms with Gasteiger partial charge in [-0.2, -0.15) is 39.5 Å². The number of fused-ring (bicyclic) bond motifs is 12. The van der Waals surface area contributed by atoms with E-state index in [2.05, 4.69) is 45.9 Å². The first-order valence-corrected chi connectivity index (χ1v) is 34.6. The number of rotatable bonds is 24. The molecular weight excluding hydrogens is 1460 g/mol. The molecule has 6 aliphatic heterocycles. The SMILES string of the molecule is C[C@@H](NC(=O)c1ccc2c(n1)N(C(=O)Nc1cc(OC[C@@H](O)CO)ccn1)[C@H]1CCN2C1)C(F)(F)F.O=C(CCC(F)(F)F)c1ccc2c(n1)N(C(=O)Nc1cc(OC[C@@H](O)CO)ccn1)[C@H]1CCN2C1.O=C(C[C@H](C1CC1)C(F)(F)F)c1ccc2c(n1)N(C(=O)Nc1cc(OC[C@@H](O)CO)ccn1)[C@H]1CCN2C1. The molecule has 1 saturated carbocycles. The van der Waals surface area contributed by atoms with E-state index in [9.17, 15) is 83.6 Å². The van der Waals surface area contributed by atoms with Crippen molar-refractivity contribution >= 4 is 87.5 Å². The van der Waals surface area contributed by atoms with E-state index in [0.717, 1.165) is 6.92 Å². The lowest BCUT2D eigenvalue weighted by molar-refractivity contribution is -0.179. The summed E-state index contributed by atoms with van der Waals surface area (Å²) in [6.45, 7) is 2.61. The number of anilines is 9. The molecule has 109 heavy (non-hydrogen) atoms. The molecule has 3 saturated heterocycles. The number of carbonyl (C=O) groups excluding carboxylic acids is 6. The highest BCUT2D eigenvalue weighted by molar-refractivity contribution is 6.07. The Bertz CT molecular complexity index is 4280. The van der Waals surface area contributed by atoms with Gasteiger partial charge in [-0.3, -0.25) is 45.0 Å². The van der Waals surface area contributed by atoms with Crippen LogP contribution in [0.5, 0.6) is 17.2 Å². The fourth-order valence-electron chi connectivity index (χ4n) is 12.9. The zero-order valence-electron chi connectivity index (χ0n) is 58.1. The number of ether oxygens (including phenoxy) is 3. The fourth-order valence-corrected chi connectivity index (χ4v) is 12.9. The highest BCUT2D eigenvalue weighted by Crippen LogP contribution is 2.48. The second kappa shape index (κ2) is 33.9. The number of pyridine rings is 6. The molecule has 40 heteroatoms. The quantitative estimate of drug-likeness (QED) is 0.0218. The van der Waals surface area contributed by atoms with Crippen LogP contribution in [0.2, 0.25) is 0 Å². The normalized spacial score (nSPS) is 18.7. The van der Waals surface area contributed by atoms with Gasteiger partial charge in [-0.15, -0.1) is 0 Å². The Balaban J connectivity index is 0.000000163. The Kier molecular flexibility index (Phi) is 24.7. The van der Waals surface area contributed by atoms with Crippen molar-refractivity contribution in [2.75, 3.05) is 124 Å². The molecule has 31 nitrogen and oxygen atoms in total. The molecular formula is C69H77F9N16O15. The number of nitrogens with zero attached hydrogens (tertiary/aromatic N) is 12. The first-order chi connectivity index (χ1) is 51.8. The summed E-state index contributed by atoms with van der Waals surface area (Å²) in [6.07, 6.45) is -12.3. The van der Waals surface area contributed by atoms with Crippen molar-refractivity contribution in [3.63, 3.8) is 0 Å². The number of ketones is 2. The Morgan fingerprint density at radius 3 is 1.19 bits per heavy atom. The molecule has 7 aliphatic rings. The standard InChI is InChI=1S/C25H28F3N5O5.C22H25F3N6O5.C22H24F3N5O5/c26-25(27,28)18(14-1-2-14)10-21(36)19-3-4-20-23(30-19)33(15-6-8-32(20)11-15)24(37)31-22-9-17(5-7-29-22)38-13-16(35)12-34;1-12(22(23,24)25)27-20(34)16-2-3-17-19(28-16)31(13-5-7-30(17)9-13)21(35)29-18-8-15(4-6-26-18)36-11-14(33)10-32;23-22(24,25)6-3-18(33)16-1-2-17-20(27-16)30(13-5-8-29(17)10-13)21(34)28-19-9-15(4-7-26-19)35-12-14(32)11-31/h3-5,7,9,14-16,18,34-35H,1-2,6,8,10-13H2,(H,29,31,37);2-4,6,8,12-14,32-33H,5,7,9-11H2,1H3,(H,27,34)(H,26,29,35);1-2,4,7,9,13-14,31-32H,3,5-6,8,10-12H2,(H,26,28,34)/t15-,16-,18+;12-,13+,14+;13-,14-/m010/s1. The number of alkyl halides is 9. The van der Waals surface area contributed by atoms with Crippen LogP contribution < -0.4 is 64.9 Å². The van der Waals surface area contributed by atoms with Gasteiger partial charge >= 0.3 is 36.6 Å². The molecule has 12 heterocycles. The summed E-state index contributed by atoms with van der Waals surface area (Å²) in [5.41, 5.74) is 1.34. The Labute approximate surface area is 615 Å². The lowest BCUT2D eigenvalue weighted by Gasteiger charge is -2.35. The molecule has 0 unspecified atom stereocenters. The summed E-state index contributed by atoms with van der Waals surface area (Å²) in [7, 11) is 0. The fraction of sp³-hybridized carbons (Fsp3) is 0.478. The summed E-state index contributed by atoms with van der Waals surface area (Å²) in [6, 6.07) is 13.3. The first-order valence-electron chi connectivity index (χ1n) is 34.6. The number of halogens is 9. The van der Waals surface area contributed by atoms with Gasteiger partial charge in [-0.1, -0.05) is 0 Å². The number of nitrogens with one attached hydrogen (secondary N) is 4. The van der Waals surface area contributed by atoms with Gasteiger partial charge in [-0.25, -0.2) is 44.3 Å². The summed E-state index contributed by atoms with van der Waals surface area (Å²) in [5.74, 6) is -2.71. The molecule has 1 aliphatic carbocycles.